The maximum absolute atomic E-state index is 10.8. The molecule has 0 aromatic heterocycles. The van der Waals surface area contributed by atoms with Crippen LogP contribution in [0.1, 0.15) is 18.9 Å². The Morgan fingerprint density at radius 2 is 1.57 bits per heavy atom. The topological polar surface area (TPSA) is 35.5 Å². The first-order valence-corrected chi connectivity index (χ1v) is 8.47. The van der Waals surface area contributed by atoms with Gasteiger partial charge in [-0.1, -0.05) is 54.6 Å². The molecule has 1 unspecified atom stereocenters. The summed E-state index contributed by atoms with van der Waals surface area (Å²) >= 11 is 0. The summed E-state index contributed by atoms with van der Waals surface area (Å²) in [5.74, 6) is 0. The first-order valence-electron chi connectivity index (χ1n) is 8.47. The molecule has 1 fully saturated rings. The van der Waals surface area contributed by atoms with Gasteiger partial charge in [0.1, 0.15) is 0 Å². The number of rotatable bonds is 5. The van der Waals surface area contributed by atoms with E-state index < -0.39 is 5.60 Å². The molecule has 0 saturated carbocycles. The van der Waals surface area contributed by atoms with E-state index in [2.05, 4.69) is 46.6 Å². The van der Waals surface area contributed by atoms with E-state index in [9.17, 15) is 5.11 Å². The summed E-state index contributed by atoms with van der Waals surface area (Å²) in [5, 5.41) is 14.2. The van der Waals surface area contributed by atoms with Gasteiger partial charge < -0.3 is 15.3 Å². The second-order valence-corrected chi connectivity index (χ2v) is 6.56. The number of nitrogens with one attached hydrogen (secondary N) is 1. The van der Waals surface area contributed by atoms with Gasteiger partial charge in [0.25, 0.3) is 0 Å². The number of nitrogens with zero attached hydrogens (tertiary/aromatic N) is 1. The minimum atomic E-state index is -0.778. The van der Waals surface area contributed by atoms with Crippen molar-refractivity contribution in [3.05, 3.63) is 60.2 Å². The Morgan fingerprint density at radius 1 is 0.957 bits per heavy atom. The van der Waals surface area contributed by atoms with Crippen molar-refractivity contribution in [1.82, 2.24) is 10.2 Å². The van der Waals surface area contributed by atoms with Crippen molar-refractivity contribution in [2.24, 2.45) is 0 Å². The maximum Gasteiger partial charge on any atom is 0.0880 e. The normalized spacial score (nSPS) is 18.5. The van der Waals surface area contributed by atoms with E-state index in [1.807, 2.05) is 25.1 Å². The van der Waals surface area contributed by atoms with Crippen LogP contribution < -0.4 is 5.32 Å². The average molecular weight is 310 g/mol. The van der Waals surface area contributed by atoms with Gasteiger partial charge >= 0.3 is 0 Å². The van der Waals surface area contributed by atoms with Gasteiger partial charge in [-0.05, 0) is 30.0 Å². The highest BCUT2D eigenvalue weighted by Crippen LogP contribution is 2.27. The zero-order chi connectivity index (χ0) is 16.1. The SMILES string of the molecule is CC(O)(CCN1CCNCC1)c1ccc(-c2ccccc2)cc1. The van der Waals surface area contributed by atoms with Crippen molar-refractivity contribution in [2.45, 2.75) is 18.9 Å². The highest BCUT2D eigenvalue weighted by Gasteiger charge is 2.24. The lowest BCUT2D eigenvalue weighted by Gasteiger charge is -2.31. The van der Waals surface area contributed by atoms with E-state index in [4.69, 9.17) is 0 Å². The van der Waals surface area contributed by atoms with Crippen LogP contribution in [0.3, 0.4) is 0 Å². The smallest absolute Gasteiger partial charge is 0.0880 e. The third kappa shape index (κ3) is 4.20. The Balaban J connectivity index is 1.65. The molecular weight excluding hydrogens is 284 g/mol. The predicted molar refractivity (Wildman–Crippen MR) is 95.4 cm³/mol. The van der Waals surface area contributed by atoms with E-state index in [1.165, 1.54) is 11.1 Å². The van der Waals surface area contributed by atoms with Crippen LogP contribution in [0.25, 0.3) is 11.1 Å². The van der Waals surface area contributed by atoms with E-state index in [0.29, 0.717) is 0 Å². The molecule has 0 amide bonds. The average Bonchev–Trinajstić information content (AvgIpc) is 2.62. The Kier molecular flexibility index (Phi) is 5.11. The summed E-state index contributed by atoms with van der Waals surface area (Å²) in [7, 11) is 0. The number of benzene rings is 2. The molecule has 1 aliphatic heterocycles. The zero-order valence-electron chi connectivity index (χ0n) is 13.8. The highest BCUT2D eigenvalue weighted by atomic mass is 16.3. The molecule has 2 N–H and O–H groups in total. The molecule has 122 valence electrons. The summed E-state index contributed by atoms with van der Waals surface area (Å²) in [6.07, 6.45) is 0.762. The van der Waals surface area contributed by atoms with Gasteiger partial charge in [0.2, 0.25) is 0 Å². The van der Waals surface area contributed by atoms with Crippen LogP contribution in [0.15, 0.2) is 54.6 Å². The van der Waals surface area contributed by atoms with Crippen molar-refractivity contribution in [3.8, 4) is 11.1 Å². The second kappa shape index (κ2) is 7.26. The number of aliphatic hydroxyl groups is 1. The van der Waals surface area contributed by atoms with Crippen LogP contribution in [0.4, 0.5) is 0 Å². The Labute approximate surface area is 139 Å². The van der Waals surface area contributed by atoms with Gasteiger partial charge in [-0.25, -0.2) is 0 Å². The van der Waals surface area contributed by atoms with Crippen molar-refractivity contribution in [1.29, 1.82) is 0 Å². The third-order valence-corrected chi connectivity index (χ3v) is 4.74. The standard InChI is InChI=1S/C20H26N2O/c1-20(23,11-14-22-15-12-21-13-16-22)19-9-7-18(8-10-19)17-5-3-2-4-6-17/h2-10,21,23H,11-16H2,1H3. The summed E-state index contributed by atoms with van der Waals surface area (Å²) < 4.78 is 0. The fourth-order valence-electron chi connectivity index (χ4n) is 3.11. The fourth-order valence-corrected chi connectivity index (χ4v) is 3.11. The van der Waals surface area contributed by atoms with E-state index >= 15 is 0 Å². The Bertz CT molecular complexity index is 601. The third-order valence-electron chi connectivity index (χ3n) is 4.74. The lowest BCUT2D eigenvalue weighted by atomic mass is 9.90. The molecule has 3 nitrogen and oxygen atoms in total. The lowest BCUT2D eigenvalue weighted by Crippen LogP contribution is -2.45. The summed E-state index contributed by atoms with van der Waals surface area (Å²) in [4.78, 5) is 2.42. The van der Waals surface area contributed by atoms with Gasteiger partial charge in [-0.2, -0.15) is 0 Å². The van der Waals surface area contributed by atoms with Crippen molar-refractivity contribution in [3.63, 3.8) is 0 Å². The molecule has 0 bridgehead atoms. The highest BCUT2D eigenvalue weighted by molar-refractivity contribution is 5.63. The van der Waals surface area contributed by atoms with Gasteiger partial charge in [0.15, 0.2) is 0 Å². The molecule has 23 heavy (non-hydrogen) atoms. The van der Waals surface area contributed by atoms with Crippen LogP contribution >= 0.6 is 0 Å². The van der Waals surface area contributed by atoms with Crippen LogP contribution in [-0.4, -0.2) is 42.7 Å². The van der Waals surface area contributed by atoms with E-state index in [0.717, 1.165) is 44.7 Å². The molecule has 2 aromatic rings. The molecule has 1 saturated heterocycles. The first-order chi connectivity index (χ1) is 11.1. The zero-order valence-corrected chi connectivity index (χ0v) is 13.8. The van der Waals surface area contributed by atoms with Crippen LogP contribution in [0, 0.1) is 0 Å². The Hall–Kier alpha value is -1.68. The quantitative estimate of drug-likeness (QED) is 0.891. The number of hydrogen-bond donors (Lipinski definition) is 2. The molecule has 0 aliphatic carbocycles. The molecule has 1 aliphatic rings. The minimum Gasteiger partial charge on any atom is -0.385 e. The monoisotopic (exact) mass is 310 g/mol. The van der Waals surface area contributed by atoms with Crippen LogP contribution in [0.5, 0.6) is 0 Å². The largest absolute Gasteiger partial charge is 0.385 e. The number of piperazine rings is 1. The molecular formula is C20H26N2O. The summed E-state index contributed by atoms with van der Waals surface area (Å²) in [6, 6.07) is 18.7. The van der Waals surface area contributed by atoms with Crippen molar-refractivity contribution >= 4 is 0 Å². The van der Waals surface area contributed by atoms with E-state index in [1.54, 1.807) is 0 Å². The molecule has 1 heterocycles. The molecule has 0 spiro atoms. The predicted octanol–water partition coefficient (Wildman–Crippen LogP) is 2.86. The van der Waals surface area contributed by atoms with Gasteiger partial charge in [-0.3, -0.25) is 0 Å². The molecule has 3 rings (SSSR count). The van der Waals surface area contributed by atoms with E-state index in [-0.39, 0.29) is 0 Å². The summed E-state index contributed by atoms with van der Waals surface area (Å²) in [5.41, 5.74) is 2.61. The molecule has 2 aromatic carbocycles. The van der Waals surface area contributed by atoms with Crippen molar-refractivity contribution < 1.29 is 5.11 Å². The van der Waals surface area contributed by atoms with Gasteiger partial charge in [-0.15, -0.1) is 0 Å². The van der Waals surface area contributed by atoms with Crippen LogP contribution in [-0.2, 0) is 5.60 Å². The van der Waals surface area contributed by atoms with Crippen LogP contribution in [0.2, 0.25) is 0 Å². The lowest BCUT2D eigenvalue weighted by molar-refractivity contribution is 0.0345. The first kappa shape index (κ1) is 16.2. The second-order valence-electron chi connectivity index (χ2n) is 6.56. The molecule has 3 heteroatoms. The summed E-state index contributed by atoms with van der Waals surface area (Å²) in [6.45, 7) is 7.11. The molecule has 1 atom stereocenters. The number of hydrogen-bond acceptors (Lipinski definition) is 3. The minimum absolute atomic E-state index is 0.762. The molecule has 0 radical (unpaired) electrons. The fraction of sp³-hybridized carbons (Fsp3) is 0.400. The maximum atomic E-state index is 10.8. The van der Waals surface area contributed by atoms with Gasteiger partial charge in [0.05, 0.1) is 5.60 Å². The Morgan fingerprint density at radius 3 is 2.22 bits per heavy atom. The van der Waals surface area contributed by atoms with Gasteiger partial charge in [0, 0.05) is 32.7 Å². The van der Waals surface area contributed by atoms with Crippen molar-refractivity contribution in [2.75, 3.05) is 32.7 Å².